The molecule has 1 amide bonds. The van der Waals surface area contributed by atoms with Crippen molar-refractivity contribution in [3.63, 3.8) is 0 Å². The minimum Gasteiger partial charge on any atom is -0.451 e. The molecule has 2 fully saturated rings. The molecule has 1 saturated carbocycles. The molecule has 0 unspecified atom stereocenters. The van der Waals surface area contributed by atoms with Crippen molar-refractivity contribution in [1.29, 1.82) is 0 Å². The van der Waals surface area contributed by atoms with E-state index in [2.05, 4.69) is 25.9 Å². The van der Waals surface area contributed by atoms with E-state index in [0.29, 0.717) is 10.6 Å². The van der Waals surface area contributed by atoms with Crippen LogP contribution in [0.1, 0.15) is 55.4 Å². The molecule has 0 N–H and O–H groups in total. The van der Waals surface area contributed by atoms with Gasteiger partial charge in [-0.15, -0.1) is 11.3 Å². The molecule has 2 atom stereocenters. The van der Waals surface area contributed by atoms with Crippen LogP contribution in [0.3, 0.4) is 0 Å². The number of amides is 1. The summed E-state index contributed by atoms with van der Waals surface area (Å²) >= 11 is 1.26. The van der Waals surface area contributed by atoms with Gasteiger partial charge >= 0.3 is 5.97 Å². The number of aromatic nitrogens is 2. The highest BCUT2D eigenvalue weighted by molar-refractivity contribution is 7.20. The second kappa shape index (κ2) is 7.65. The van der Waals surface area contributed by atoms with Crippen LogP contribution >= 0.6 is 11.3 Å². The van der Waals surface area contributed by atoms with Crippen molar-refractivity contribution in [2.24, 2.45) is 10.8 Å². The summed E-state index contributed by atoms with van der Waals surface area (Å²) in [6.45, 7) is 9.13. The molecule has 8 heteroatoms. The van der Waals surface area contributed by atoms with Gasteiger partial charge in [0.05, 0.1) is 11.4 Å². The predicted octanol–water partition coefficient (Wildman–Crippen LogP) is 5.12. The number of halogens is 1. The average molecular weight is 470 g/mol. The average Bonchev–Trinajstić information content (AvgIpc) is 3.37. The third-order valence-corrected chi connectivity index (χ3v) is 7.97. The molecule has 2 aromatic heterocycles. The van der Waals surface area contributed by atoms with Gasteiger partial charge in [0.2, 0.25) is 0 Å². The summed E-state index contributed by atoms with van der Waals surface area (Å²) < 4.78 is 20.4. The van der Waals surface area contributed by atoms with E-state index >= 15 is 0 Å². The van der Waals surface area contributed by atoms with Crippen LogP contribution in [0.4, 0.5) is 4.39 Å². The zero-order valence-corrected chi connectivity index (χ0v) is 20.2. The summed E-state index contributed by atoms with van der Waals surface area (Å²) in [5.41, 5.74) is 1.84. The van der Waals surface area contributed by atoms with Gasteiger partial charge in [0.15, 0.2) is 6.61 Å². The van der Waals surface area contributed by atoms with Crippen molar-refractivity contribution in [1.82, 2.24) is 14.7 Å². The van der Waals surface area contributed by atoms with E-state index in [4.69, 9.17) is 4.74 Å². The quantitative estimate of drug-likeness (QED) is 0.498. The van der Waals surface area contributed by atoms with Crippen LogP contribution in [0, 0.1) is 23.6 Å². The van der Waals surface area contributed by atoms with E-state index < -0.39 is 5.97 Å². The van der Waals surface area contributed by atoms with Crippen LogP contribution in [0.5, 0.6) is 0 Å². The monoisotopic (exact) mass is 469 g/mol. The molecular weight excluding hydrogens is 441 g/mol. The molecule has 1 saturated heterocycles. The Morgan fingerprint density at radius 2 is 1.94 bits per heavy atom. The number of esters is 1. The van der Waals surface area contributed by atoms with Crippen molar-refractivity contribution in [2.75, 3.05) is 13.2 Å². The van der Waals surface area contributed by atoms with Gasteiger partial charge in [-0.05, 0) is 67.3 Å². The summed E-state index contributed by atoms with van der Waals surface area (Å²) in [7, 11) is 0. The first kappa shape index (κ1) is 22.1. The Kier molecular flexibility index (Phi) is 5.12. The number of hydrogen-bond donors (Lipinski definition) is 0. The Hall–Kier alpha value is -2.74. The molecule has 33 heavy (non-hydrogen) atoms. The van der Waals surface area contributed by atoms with Crippen molar-refractivity contribution < 1.29 is 18.7 Å². The summed E-state index contributed by atoms with van der Waals surface area (Å²) in [6, 6.07) is 8.01. The van der Waals surface area contributed by atoms with Crippen LogP contribution in [0.15, 0.2) is 30.3 Å². The molecule has 0 spiro atoms. The summed E-state index contributed by atoms with van der Waals surface area (Å²) in [5.74, 6) is -0.952. The van der Waals surface area contributed by atoms with E-state index in [0.717, 1.165) is 41.7 Å². The van der Waals surface area contributed by atoms with Gasteiger partial charge in [0.1, 0.15) is 15.5 Å². The third kappa shape index (κ3) is 4.05. The minimum absolute atomic E-state index is 0.121. The number of nitrogens with zero attached hydrogens (tertiary/aromatic N) is 3. The number of carbonyl (C=O) groups is 2. The lowest BCUT2D eigenvalue weighted by molar-refractivity contribution is -0.135. The molecule has 5 rings (SSSR count). The molecule has 3 aromatic rings. The van der Waals surface area contributed by atoms with Crippen molar-refractivity contribution in [2.45, 2.75) is 53.0 Å². The molecule has 2 aliphatic rings. The van der Waals surface area contributed by atoms with Crippen molar-refractivity contribution in [3.8, 4) is 5.69 Å². The van der Waals surface area contributed by atoms with Crippen LogP contribution in [-0.4, -0.2) is 45.8 Å². The highest BCUT2D eigenvalue weighted by Crippen LogP contribution is 2.52. The molecule has 1 aliphatic carbocycles. The lowest BCUT2D eigenvalue weighted by Crippen LogP contribution is -2.39. The zero-order chi connectivity index (χ0) is 23.5. The Bertz CT molecular complexity index is 1250. The van der Waals surface area contributed by atoms with E-state index in [9.17, 15) is 14.0 Å². The van der Waals surface area contributed by atoms with Crippen LogP contribution in [0.2, 0.25) is 0 Å². The number of ether oxygens (including phenoxy) is 1. The van der Waals surface area contributed by atoms with Crippen LogP contribution in [0.25, 0.3) is 15.9 Å². The fraction of sp³-hybridized carbons (Fsp3) is 0.480. The molecule has 174 valence electrons. The fourth-order valence-corrected chi connectivity index (χ4v) is 7.01. The molecule has 1 aliphatic heterocycles. The number of likely N-dealkylation sites (tertiary alicyclic amines) is 1. The molecular formula is C25H28FN3O3S. The largest absolute Gasteiger partial charge is 0.451 e. The van der Waals surface area contributed by atoms with Crippen LogP contribution < -0.4 is 0 Å². The number of hydrogen-bond acceptors (Lipinski definition) is 5. The SMILES string of the molecule is Cc1nn(-c2ccc(F)cc2)c2sc(C(=O)OCC(=O)N3C[C@@]4(C)C[C@H]3CC(C)(C)C4)cc12. The zero-order valence-electron chi connectivity index (χ0n) is 19.4. The number of thiophene rings is 1. The number of benzene rings is 1. The number of aryl methyl sites for hydroxylation is 1. The topological polar surface area (TPSA) is 64.4 Å². The summed E-state index contributed by atoms with van der Waals surface area (Å²) in [5, 5.41) is 5.36. The first-order chi connectivity index (χ1) is 15.5. The van der Waals surface area contributed by atoms with Gasteiger partial charge in [-0.3, -0.25) is 4.79 Å². The molecule has 6 nitrogen and oxygen atoms in total. The molecule has 2 bridgehead atoms. The number of rotatable bonds is 4. The van der Waals surface area contributed by atoms with Gasteiger partial charge in [0.25, 0.3) is 5.91 Å². The third-order valence-electron chi connectivity index (χ3n) is 6.88. The highest BCUT2D eigenvalue weighted by Gasteiger charge is 2.50. The van der Waals surface area contributed by atoms with Gasteiger partial charge in [-0.1, -0.05) is 20.8 Å². The first-order valence-electron chi connectivity index (χ1n) is 11.3. The Morgan fingerprint density at radius 1 is 1.21 bits per heavy atom. The van der Waals surface area contributed by atoms with E-state index in [-0.39, 0.29) is 35.2 Å². The van der Waals surface area contributed by atoms with Gasteiger partial charge < -0.3 is 9.64 Å². The Morgan fingerprint density at radius 3 is 2.67 bits per heavy atom. The van der Waals surface area contributed by atoms with E-state index in [1.807, 2.05) is 11.8 Å². The summed E-state index contributed by atoms with van der Waals surface area (Å²) in [4.78, 5) is 28.8. The fourth-order valence-electron chi connectivity index (χ4n) is 5.94. The predicted molar refractivity (Wildman–Crippen MR) is 125 cm³/mol. The number of fused-ring (bicyclic) bond motifs is 3. The van der Waals surface area contributed by atoms with Gasteiger partial charge in [0, 0.05) is 18.0 Å². The highest BCUT2D eigenvalue weighted by atomic mass is 32.1. The first-order valence-corrected chi connectivity index (χ1v) is 12.1. The maximum Gasteiger partial charge on any atom is 0.348 e. The van der Waals surface area contributed by atoms with E-state index in [1.54, 1.807) is 22.9 Å². The van der Waals surface area contributed by atoms with Gasteiger partial charge in [-0.25, -0.2) is 13.9 Å². The van der Waals surface area contributed by atoms with Crippen molar-refractivity contribution >= 4 is 33.4 Å². The minimum atomic E-state index is -0.511. The van der Waals surface area contributed by atoms with Crippen molar-refractivity contribution in [3.05, 3.63) is 46.7 Å². The lowest BCUT2D eigenvalue weighted by atomic mass is 9.65. The second-order valence-electron chi connectivity index (χ2n) is 10.6. The molecule has 3 heterocycles. The standard InChI is InChI=1S/C25H28FN3O3S/c1-15-19-9-20(33-22(19)29(27-15)17-7-5-16(26)6-8-17)23(31)32-12-21(30)28-14-25(4)11-18(28)10-24(2,3)13-25/h5-9,18H,10-14H2,1-4H3/t18-,25+/m1/s1. The normalized spacial score (nSPS) is 23.8. The Balaban J connectivity index is 1.30. The molecule has 1 aromatic carbocycles. The van der Waals surface area contributed by atoms with Crippen LogP contribution in [-0.2, 0) is 9.53 Å². The maximum atomic E-state index is 13.3. The summed E-state index contributed by atoms with van der Waals surface area (Å²) in [6.07, 6.45) is 3.11. The molecule has 0 radical (unpaired) electrons. The second-order valence-corrected chi connectivity index (χ2v) is 11.6. The number of carbonyl (C=O) groups excluding carboxylic acids is 2. The van der Waals surface area contributed by atoms with Gasteiger partial charge in [-0.2, -0.15) is 5.10 Å². The van der Waals surface area contributed by atoms with E-state index in [1.165, 1.54) is 23.5 Å². The Labute approximate surface area is 196 Å². The maximum absolute atomic E-state index is 13.3. The smallest absolute Gasteiger partial charge is 0.348 e. The lowest BCUT2D eigenvalue weighted by Gasteiger charge is -2.39.